The molecular weight excluding hydrogens is 366 g/mol. The fourth-order valence-corrected chi connectivity index (χ4v) is 4.67. The van der Waals surface area contributed by atoms with Crippen molar-refractivity contribution in [2.75, 3.05) is 0 Å². The van der Waals surface area contributed by atoms with Gasteiger partial charge in [0.15, 0.2) is 0 Å². The molecular formula is C23H27N3OS. The zero-order valence-corrected chi connectivity index (χ0v) is 18.1. The summed E-state index contributed by atoms with van der Waals surface area (Å²) >= 11 is 1.62. The molecule has 0 amide bonds. The van der Waals surface area contributed by atoms with Gasteiger partial charge < -0.3 is 0 Å². The van der Waals surface area contributed by atoms with Crippen LogP contribution in [0.4, 0.5) is 0 Å². The Kier molecular flexibility index (Phi) is 5.71. The van der Waals surface area contributed by atoms with Gasteiger partial charge >= 0.3 is 0 Å². The molecule has 0 saturated heterocycles. The highest BCUT2D eigenvalue weighted by Gasteiger charge is 2.20. The van der Waals surface area contributed by atoms with Gasteiger partial charge in [0.05, 0.1) is 11.5 Å². The van der Waals surface area contributed by atoms with Gasteiger partial charge in [-0.15, -0.1) is 11.3 Å². The Labute approximate surface area is 170 Å². The largest absolute Gasteiger partial charge is 0.296 e. The highest BCUT2D eigenvalue weighted by molar-refractivity contribution is 7.19. The Hall–Kier alpha value is -2.45. The molecule has 146 valence electrons. The Morgan fingerprint density at radius 2 is 1.89 bits per heavy atom. The fraction of sp³-hybridized carbons (Fsp3) is 0.435. The first kappa shape index (κ1) is 20.3. The lowest BCUT2D eigenvalue weighted by molar-refractivity contribution is 0.590. The van der Waals surface area contributed by atoms with Crippen LogP contribution in [-0.4, -0.2) is 9.55 Å². The molecule has 0 unspecified atom stereocenters. The Morgan fingerprint density at radius 3 is 2.46 bits per heavy atom. The van der Waals surface area contributed by atoms with Crippen LogP contribution in [0.5, 0.6) is 0 Å². The maximum atomic E-state index is 13.3. The average Bonchev–Trinajstić information content (AvgIpc) is 3.02. The highest BCUT2D eigenvalue weighted by atomic mass is 32.1. The van der Waals surface area contributed by atoms with Crippen LogP contribution in [0.2, 0.25) is 0 Å². The van der Waals surface area contributed by atoms with Crippen LogP contribution in [0.25, 0.3) is 21.3 Å². The molecule has 3 aromatic rings. The molecule has 0 fully saturated rings. The van der Waals surface area contributed by atoms with E-state index in [4.69, 9.17) is 10.2 Å². The van der Waals surface area contributed by atoms with Gasteiger partial charge in [0.1, 0.15) is 10.7 Å². The molecule has 0 atom stereocenters. The lowest BCUT2D eigenvalue weighted by Gasteiger charge is -2.19. The second-order valence-electron chi connectivity index (χ2n) is 8.14. The predicted octanol–water partition coefficient (Wildman–Crippen LogP) is 5.60. The molecule has 0 aliphatic heterocycles. The van der Waals surface area contributed by atoms with E-state index in [0.29, 0.717) is 30.6 Å². The van der Waals surface area contributed by atoms with Crippen LogP contribution in [0.15, 0.2) is 29.1 Å². The van der Waals surface area contributed by atoms with Crippen molar-refractivity contribution in [2.24, 2.45) is 0 Å². The van der Waals surface area contributed by atoms with Crippen LogP contribution >= 0.6 is 11.3 Å². The summed E-state index contributed by atoms with van der Waals surface area (Å²) in [6.07, 6.45) is 1.96. The second-order valence-corrected chi connectivity index (χ2v) is 9.22. The van der Waals surface area contributed by atoms with Crippen LogP contribution < -0.4 is 5.56 Å². The number of fused-ring (bicyclic) bond motifs is 1. The molecule has 1 aromatic carbocycles. The Balaban J connectivity index is 2.20. The third-order valence-corrected chi connectivity index (χ3v) is 6.33. The SMILES string of the molecule is CCc1sc2nc(C)n(CCCC#N)c(=O)c2c1-c1ccc(C(C)(C)C)cc1. The number of nitrogens with zero attached hydrogens (tertiary/aromatic N) is 3. The van der Waals surface area contributed by atoms with Crippen molar-refractivity contribution in [3.8, 4) is 17.2 Å². The minimum absolute atomic E-state index is 0.00582. The molecule has 5 heteroatoms. The van der Waals surface area contributed by atoms with Crippen molar-refractivity contribution < 1.29 is 0 Å². The van der Waals surface area contributed by atoms with Gasteiger partial charge in [0, 0.05) is 23.4 Å². The number of hydrogen-bond donors (Lipinski definition) is 0. The van der Waals surface area contributed by atoms with E-state index in [9.17, 15) is 4.79 Å². The lowest BCUT2D eigenvalue weighted by atomic mass is 9.86. The molecule has 2 aromatic heterocycles. The van der Waals surface area contributed by atoms with Crippen LogP contribution in [-0.2, 0) is 18.4 Å². The van der Waals surface area contributed by atoms with Crippen LogP contribution in [0.3, 0.4) is 0 Å². The van der Waals surface area contributed by atoms with Gasteiger partial charge in [-0.25, -0.2) is 4.98 Å². The van der Waals surface area contributed by atoms with Crippen molar-refractivity contribution in [1.29, 1.82) is 5.26 Å². The maximum Gasteiger partial charge on any atom is 0.262 e. The third-order valence-electron chi connectivity index (χ3n) is 5.11. The highest BCUT2D eigenvalue weighted by Crippen LogP contribution is 2.37. The van der Waals surface area contributed by atoms with E-state index in [2.05, 4.69) is 58.0 Å². The molecule has 0 saturated carbocycles. The molecule has 0 spiro atoms. The van der Waals surface area contributed by atoms with E-state index in [1.54, 1.807) is 15.9 Å². The minimum Gasteiger partial charge on any atom is -0.296 e. The van der Waals surface area contributed by atoms with Crippen molar-refractivity contribution in [3.05, 3.63) is 50.9 Å². The molecule has 0 bridgehead atoms. The number of rotatable bonds is 5. The summed E-state index contributed by atoms with van der Waals surface area (Å²) in [6.45, 7) is 11.1. The second kappa shape index (κ2) is 7.89. The third kappa shape index (κ3) is 3.74. The number of aromatic nitrogens is 2. The van der Waals surface area contributed by atoms with Gasteiger partial charge in [-0.2, -0.15) is 5.26 Å². The van der Waals surface area contributed by atoms with Gasteiger partial charge in [-0.3, -0.25) is 9.36 Å². The van der Waals surface area contributed by atoms with E-state index >= 15 is 0 Å². The summed E-state index contributed by atoms with van der Waals surface area (Å²) in [4.78, 5) is 20.1. The van der Waals surface area contributed by atoms with Crippen molar-refractivity contribution in [2.45, 2.75) is 65.8 Å². The predicted molar refractivity (Wildman–Crippen MR) is 117 cm³/mol. The zero-order chi connectivity index (χ0) is 20.5. The monoisotopic (exact) mass is 393 g/mol. The van der Waals surface area contributed by atoms with Gasteiger partial charge in [0.2, 0.25) is 0 Å². The fourth-order valence-electron chi connectivity index (χ4n) is 3.50. The standard InChI is InChI=1S/C23H27N3OS/c1-6-18-19(16-9-11-17(12-10-16)23(3,4)5)20-21(28-18)25-15(2)26(22(20)27)14-8-7-13-24/h9-12H,6-8,14H2,1-5H3. The summed E-state index contributed by atoms with van der Waals surface area (Å²) in [5.41, 5.74) is 3.47. The number of benzene rings is 1. The van der Waals surface area contributed by atoms with E-state index < -0.39 is 0 Å². The van der Waals surface area contributed by atoms with Crippen LogP contribution in [0, 0.1) is 18.3 Å². The number of nitriles is 1. The molecule has 28 heavy (non-hydrogen) atoms. The average molecular weight is 394 g/mol. The molecule has 3 rings (SSSR count). The first-order valence-electron chi connectivity index (χ1n) is 9.78. The molecule has 0 radical (unpaired) electrons. The quantitative estimate of drug-likeness (QED) is 0.530. The molecule has 0 aliphatic carbocycles. The number of thiophene rings is 1. The minimum atomic E-state index is 0.00582. The van der Waals surface area contributed by atoms with Gasteiger partial charge in [0.25, 0.3) is 5.56 Å². The van der Waals surface area contributed by atoms with Gasteiger partial charge in [-0.1, -0.05) is 52.0 Å². The molecule has 0 N–H and O–H groups in total. The molecule has 0 aliphatic rings. The van der Waals surface area contributed by atoms with Crippen molar-refractivity contribution in [3.63, 3.8) is 0 Å². The maximum absolute atomic E-state index is 13.3. The Morgan fingerprint density at radius 1 is 1.21 bits per heavy atom. The van der Waals surface area contributed by atoms with Gasteiger partial charge in [-0.05, 0) is 36.3 Å². The van der Waals surface area contributed by atoms with Crippen LogP contribution in [0.1, 0.15) is 56.8 Å². The van der Waals surface area contributed by atoms with Crippen molar-refractivity contribution in [1.82, 2.24) is 9.55 Å². The summed E-state index contributed by atoms with van der Waals surface area (Å²) < 4.78 is 1.72. The zero-order valence-electron chi connectivity index (χ0n) is 17.3. The van der Waals surface area contributed by atoms with E-state index in [-0.39, 0.29) is 11.0 Å². The first-order valence-corrected chi connectivity index (χ1v) is 10.6. The number of hydrogen-bond acceptors (Lipinski definition) is 4. The number of aryl methyl sites for hydroxylation is 2. The van der Waals surface area contributed by atoms with Crippen molar-refractivity contribution >= 4 is 21.6 Å². The Bertz CT molecular complexity index is 1090. The normalized spacial score (nSPS) is 11.7. The smallest absolute Gasteiger partial charge is 0.262 e. The molecule has 2 heterocycles. The summed E-state index contributed by atoms with van der Waals surface area (Å²) in [5.74, 6) is 0.717. The summed E-state index contributed by atoms with van der Waals surface area (Å²) in [7, 11) is 0. The topological polar surface area (TPSA) is 58.7 Å². The van der Waals surface area contributed by atoms with E-state index in [0.717, 1.165) is 22.4 Å². The van der Waals surface area contributed by atoms with E-state index in [1.807, 2.05) is 6.92 Å². The molecule has 4 nitrogen and oxygen atoms in total. The summed E-state index contributed by atoms with van der Waals surface area (Å²) in [5, 5.41) is 9.53. The first-order chi connectivity index (χ1) is 13.3. The van der Waals surface area contributed by atoms with E-state index in [1.165, 1.54) is 10.4 Å². The number of unbranched alkanes of at least 4 members (excludes halogenated alkanes) is 1. The lowest BCUT2D eigenvalue weighted by Crippen LogP contribution is -2.23. The summed E-state index contributed by atoms with van der Waals surface area (Å²) in [6, 6.07) is 10.7.